The maximum atomic E-state index is 10.5. The highest BCUT2D eigenvalue weighted by molar-refractivity contribution is 5.50. The van der Waals surface area contributed by atoms with Gasteiger partial charge in [-0.05, 0) is 32.2 Å². The predicted molar refractivity (Wildman–Crippen MR) is 52.7 cm³/mol. The zero-order valence-electron chi connectivity index (χ0n) is 8.24. The van der Waals surface area contributed by atoms with Crippen LogP contribution >= 0.6 is 0 Å². The minimum Gasteiger partial charge on any atom is -0.303 e. The second kappa shape index (κ2) is 4.23. The summed E-state index contributed by atoms with van der Waals surface area (Å²) in [4.78, 5) is 13.1. The third kappa shape index (κ3) is 1.93. The zero-order valence-corrected chi connectivity index (χ0v) is 8.24. The van der Waals surface area contributed by atoms with Crippen molar-refractivity contribution in [3.8, 4) is 0 Å². The second-order valence-electron chi connectivity index (χ2n) is 4.37. The first-order valence-corrected chi connectivity index (χ1v) is 5.61. The molecule has 13 heavy (non-hydrogen) atoms. The first kappa shape index (κ1) is 9.20. The summed E-state index contributed by atoms with van der Waals surface area (Å²) < 4.78 is 0. The van der Waals surface area contributed by atoms with Gasteiger partial charge in [0.05, 0.1) is 0 Å². The van der Waals surface area contributed by atoms with Gasteiger partial charge >= 0.3 is 0 Å². The lowest BCUT2D eigenvalue weighted by Crippen LogP contribution is -2.49. The van der Waals surface area contributed by atoms with Gasteiger partial charge in [0.1, 0.15) is 6.29 Å². The van der Waals surface area contributed by atoms with E-state index in [4.69, 9.17) is 0 Å². The third-order valence-electron chi connectivity index (χ3n) is 3.58. The average Bonchev–Trinajstić information content (AvgIpc) is 2.05. The molecule has 0 aromatic heterocycles. The van der Waals surface area contributed by atoms with Gasteiger partial charge in [-0.25, -0.2) is 0 Å². The van der Waals surface area contributed by atoms with Gasteiger partial charge in [0.25, 0.3) is 0 Å². The molecule has 0 aromatic carbocycles. The number of rotatable bonds is 3. The van der Waals surface area contributed by atoms with Gasteiger partial charge < -0.3 is 4.79 Å². The summed E-state index contributed by atoms with van der Waals surface area (Å²) >= 11 is 0. The molecular weight excluding hydrogens is 162 g/mol. The molecule has 1 aliphatic carbocycles. The Kier molecular flexibility index (Phi) is 2.99. The van der Waals surface area contributed by atoms with Crippen LogP contribution in [-0.2, 0) is 4.79 Å². The molecule has 0 N–H and O–H groups in total. The molecule has 0 radical (unpaired) electrons. The molecule has 0 amide bonds. The summed E-state index contributed by atoms with van der Waals surface area (Å²) in [6, 6.07) is 1.40. The summed E-state index contributed by atoms with van der Waals surface area (Å²) in [5.41, 5.74) is 0. The molecule has 2 aliphatic rings. The van der Waals surface area contributed by atoms with Crippen LogP contribution < -0.4 is 0 Å². The topological polar surface area (TPSA) is 20.3 Å². The van der Waals surface area contributed by atoms with Crippen LogP contribution in [0.4, 0.5) is 0 Å². The summed E-state index contributed by atoms with van der Waals surface area (Å²) in [5.74, 6) is 0. The van der Waals surface area contributed by atoms with Crippen molar-refractivity contribution in [3.63, 3.8) is 0 Å². The van der Waals surface area contributed by atoms with Gasteiger partial charge in [-0.2, -0.15) is 0 Å². The number of likely N-dealkylation sites (tertiary alicyclic amines) is 1. The van der Waals surface area contributed by atoms with E-state index < -0.39 is 0 Å². The van der Waals surface area contributed by atoms with E-state index in [2.05, 4.69) is 4.90 Å². The number of carbonyl (C=O) groups excluding carboxylic acids is 1. The number of carbonyl (C=O) groups is 1. The summed E-state index contributed by atoms with van der Waals surface area (Å²) in [6.45, 7) is 1.24. The van der Waals surface area contributed by atoms with Crippen molar-refractivity contribution in [2.45, 2.75) is 57.0 Å². The van der Waals surface area contributed by atoms with Crippen molar-refractivity contribution >= 4 is 6.29 Å². The molecular formula is C11H19NO. The van der Waals surface area contributed by atoms with Gasteiger partial charge in [0, 0.05) is 18.5 Å². The monoisotopic (exact) mass is 181 g/mol. The number of aldehydes is 1. The van der Waals surface area contributed by atoms with Gasteiger partial charge in [0.2, 0.25) is 0 Å². The van der Waals surface area contributed by atoms with Crippen LogP contribution in [0, 0.1) is 0 Å². The Morgan fingerprint density at radius 2 is 2.00 bits per heavy atom. The number of piperidine rings is 1. The predicted octanol–water partition coefficient (Wildman–Crippen LogP) is 1.98. The lowest BCUT2D eigenvalue weighted by molar-refractivity contribution is -0.109. The maximum Gasteiger partial charge on any atom is 0.121 e. The quantitative estimate of drug-likeness (QED) is 0.620. The number of nitrogens with zero attached hydrogens (tertiary/aromatic N) is 1. The van der Waals surface area contributed by atoms with Crippen LogP contribution in [0.5, 0.6) is 0 Å². The Bertz CT molecular complexity index is 177. The van der Waals surface area contributed by atoms with E-state index >= 15 is 0 Å². The second-order valence-corrected chi connectivity index (χ2v) is 4.37. The Balaban J connectivity index is 1.90. The van der Waals surface area contributed by atoms with Crippen LogP contribution in [0.2, 0.25) is 0 Å². The Morgan fingerprint density at radius 1 is 1.15 bits per heavy atom. The van der Waals surface area contributed by atoms with Crippen LogP contribution in [0.15, 0.2) is 0 Å². The van der Waals surface area contributed by atoms with E-state index in [0.717, 1.165) is 18.7 Å². The maximum absolute atomic E-state index is 10.5. The Hall–Kier alpha value is -0.370. The lowest BCUT2D eigenvalue weighted by Gasteiger charge is -2.44. The fraction of sp³-hybridized carbons (Fsp3) is 0.909. The Labute approximate surface area is 80.3 Å². The normalized spacial score (nSPS) is 31.2. The SMILES string of the molecule is O=CCC1CCCCN1C1CCC1. The van der Waals surface area contributed by atoms with Gasteiger partial charge in [-0.15, -0.1) is 0 Å². The van der Waals surface area contributed by atoms with Crippen LogP contribution in [0.1, 0.15) is 44.9 Å². The third-order valence-corrected chi connectivity index (χ3v) is 3.58. The van der Waals surface area contributed by atoms with E-state index in [9.17, 15) is 4.79 Å². The molecule has 2 nitrogen and oxygen atoms in total. The first-order chi connectivity index (χ1) is 6.42. The molecule has 0 bridgehead atoms. The molecule has 1 atom stereocenters. The first-order valence-electron chi connectivity index (χ1n) is 5.61. The molecule has 2 fully saturated rings. The molecule has 1 unspecified atom stereocenters. The van der Waals surface area contributed by atoms with Crippen molar-refractivity contribution < 1.29 is 4.79 Å². The Morgan fingerprint density at radius 3 is 2.62 bits per heavy atom. The molecule has 74 valence electrons. The van der Waals surface area contributed by atoms with Crippen molar-refractivity contribution in [3.05, 3.63) is 0 Å². The molecule has 2 rings (SSSR count). The molecule has 2 heteroatoms. The van der Waals surface area contributed by atoms with E-state index in [0.29, 0.717) is 6.04 Å². The minimum atomic E-state index is 0.580. The van der Waals surface area contributed by atoms with Crippen molar-refractivity contribution in [1.29, 1.82) is 0 Å². The van der Waals surface area contributed by atoms with E-state index in [1.807, 2.05) is 0 Å². The highest BCUT2D eigenvalue weighted by Gasteiger charge is 2.31. The van der Waals surface area contributed by atoms with Crippen molar-refractivity contribution in [2.75, 3.05) is 6.54 Å². The minimum absolute atomic E-state index is 0.580. The van der Waals surface area contributed by atoms with Crippen LogP contribution in [0.3, 0.4) is 0 Å². The van der Waals surface area contributed by atoms with E-state index in [1.54, 1.807) is 0 Å². The number of hydrogen-bond acceptors (Lipinski definition) is 2. The smallest absolute Gasteiger partial charge is 0.121 e. The average molecular weight is 181 g/mol. The number of hydrogen-bond donors (Lipinski definition) is 0. The highest BCUT2D eigenvalue weighted by Crippen LogP contribution is 2.31. The van der Waals surface area contributed by atoms with Gasteiger partial charge in [0.15, 0.2) is 0 Å². The molecule has 1 aliphatic heterocycles. The highest BCUT2D eigenvalue weighted by atomic mass is 16.1. The summed E-state index contributed by atoms with van der Waals surface area (Å²) in [5, 5.41) is 0. The van der Waals surface area contributed by atoms with Crippen LogP contribution in [0.25, 0.3) is 0 Å². The molecule has 1 heterocycles. The van der Waals surface area contributed by atoms with E-state index in [-0.39, 0.29) is 0 Å². The summed E-state index contributed by atoms with van der Waals surface area (Å²) in [7, 11) is 0. The molecule has 0 aromatic rings. The van der Waals surface area contributed by atoms with Crippen LogP contribution in [-0.4, -0.2) is 29.8 Å². The molecule has 0 spiro atoms. The van der Waals surface area contributed by atoms with E-state index in [1.165, 1.54) is 45.1 Å². The molecule has 1 saturated carbocycles. The fourth-order valence-corrected chi connectivity index (χ4v) is 2.59. The zero-order chi connectivity index (χ0) is 9.10. The van der Waals surface area contributed by atoms with Crippen molar-refractivity contribution in [1.82, 2.24) is 4.90 Å². The standard InChI is InChI=1S/C11H19NO/c13-9-7-11-4-1-2-8-12(11)10-5-3-6-10/h9-11H,1-8H2. The van der Waals surface area contributed by atoms with Crippen molar-refractivity contribution in [2.24, 2.45) is 0 Å². The molecule has 1 saturated heterocycles. The van der Waals surface area contributed by atoms with Gasteiger partial charge in [-0.3, -0.25) is 4.90 Å². The summed E-state index contributed by atoms with van der Waals surface area (Å²) in [6.07, 6.45) is 9.90. The fourth-order valence-electron chi connectivity index (χ4n) is 2.59. The van der Waals surface area contributed by atoms with Gasteiger partial charge in [-0.1, -0.05) is 12.8 Å². The lowest BCUT2D eigenvalue weighted by atomic mass is 9.87. The largest absolute Gasteiger partial charge is 0.303 e.